The van der Waals surface area contributed by atoms with Crippen LogP contribution in [0.1, 0.15) is 0 Å². The summed E-state index contributed by atoms with van der Waals surface area (Å²) in [5.74, 6) is 0. The lowest BCUT2D eigenvalue weighted by atomic mass is 10.4. The first-order chi connectivity index (χ1) is 31.7. The van der Waals surface area contributed by atoms with Crippen molar-refractivity contribution in [3.8, 4) is 0 Å². The second-order valence-corrected chi connectivity index (χ2v) is 70.4. The molecule has 6 heteroatoms. The van der Waals surface area contributed by atoms with E-state index in [0.29, 0.717) is 0 Å². The van der Waals surface area contributed by atoms with Gasteiger partial charge in [-0.05, 0) is 0 Å². The van der Waals surface area contributed by atoms with Gasteiger partial charge in [-0.25, -0.2) is 0 Å². The molecule has 0 saturated carbocycles. The molecule has 0 aromatic heterocycles. The molecule has 65 heavy (non-hydrogen) atoms. The SMILES string of the molecule is C[Si](C)(C)[Si](c1ccccc1)(c1ccccc1)[Si](c1ccccc1)(c1ccccc1)[Si](c1ccccc1)(c1ccccc1)[Si](c1ccccc1)(c1ccccc1)[Si](C)(C)c1ccccc1. The zero-order chi connectivity index (χ0) is 45.0. The Morgan fingerprint density at radius 1 is 0.169 bits per heavy atom. The lowest BCUT2D eigenvalue weighted by molar-refractivity contribution is 1.67. The fourth-order valence-electron chi connectivity index (χ4n) is 13.0. The zero-order valence-corrected chi connectivity index (χ0v) is 44.5. The van der Waals surface area contributed by atoms with Gasteiger partial charge in [-0.2, -0.15) is 0 Å². The average molecular weight is 938 g/mol. The van der Waals surface area contributed by atoms with E-state index in [0.717, 1.165) is 0 Å². The Kier molecular flexibility index (Phi) is 12.5. The lowest BCUT2D eigenvalue weighted by Crippen LogP contribution is -3.12. The molecular formula is C59H60Si6. The van der Waals surface area contributed by atoms with Crippen molar-refractivity contribution in [2.45, 2.75) is 32.7 Å². The summed E-state index contributed by atoms with van der Waals surface area (Å²) in [7, 11) is -18.8. The van der Waals surface area contributed by atoms with Crippen LogP contribution in [0.25, 0.3) is 0 Å². The Balaban J connectivity index is 1.78. The first-order valence-electron chi connectivity index (χ1n) is 23.2. The number of hydrogen-bond donors (Lipinski definition) is 0. The lowest BCUT2D eigenvalue weighted by Gasteiger charge is -2.69. The van der Waals surface area contributed by atoms with Crippen molar-refractivity contribution >= 4 is 90.3 Å². The van der Waals surface area contributed by atoms with Crippen molar-refractivity contribution in [2.75, 3.05) is 0 Å². The molecule has 9 aromatic carbocycles. The minimum atomic E-state index is -3.56. The van der Waals surface area contributed by atoms with Gasteiger partial charge in [0.2, 0.25) is 0 Å². The zero-order valence-electron chi connectivity index (χ0n) is 38.5. The summed E-state index contributed by atoms with van der Waals surface area (Å²) >= 11 is 0. The van der Waals surface area contributed by atoms with Crippen molar-refractivity contribution in [1.82, 2.24) is 0 Å². The van der Waals surface area contributed by atoms with E-state index in [2.05, 4.69) is 306 Å². The van der Waals surface area contributed by atoms with Crippen LogP contribution in [-0.2, 0) is 0 Å². The monoisotopic (exact) mass is 936 g/mol. The largest absolute Gasteiger partial charge is 0.121 e. The van der Waals surface area contributed by atoms with E-state index >= 15 is 0 Å². The summed E-state index contributed by atoms with van der Waals surface area (Å²) in [6, 6.07) is 110. The molecule has 9 aromatic rings. The third-order valence-electron chi connectivity index (χ3n) is 14.9. The van der Waals surface area contributed by atoms with E-state index in [1.807, 2.05) is 0 Å². The second kappa shape index (κ2) is 18.3. The Hall–Kier alpha value is -5.72. The van der Waals surface area contributed by atoms with Crippen LogP contribution < -0.4 is 46.7 Å². The van der Waals surface area contributed by atoms with Gasteiger partial charge in [0, 0.05) is 7.59 Å². The van der Waals surface area contributed by atoms with E-state index in [1.54, 1.807) is 41.5 Å². The van der Waals surface area contributed by atoms with E-state index in [-0.39, 0.29) is 0 Å². The molecule has 9 rings (SSSR count). The summed E-state index contributed by atoms with van der Waals surface area (Å²) in [5.41, 5.74) is 0. The molecule has 0 spiro atoms. The molecule has 0 unspecified atom stereocenters. The predicted molar refractivity (Wildman–Crippen MR) is 299 cm³/mol. The van der Waals surface area contributed by atoms with Crippen LogP contribution in [0.3, 0.4) is 0 Å². The molecule has 0 amide bonds. The predicted octanol–water partition coefficient (Wildman–Crippen LogP) is 8.39. The molecule has 320 valence electrons. The minimum Gasteiger partial charge on any atom is -0.0710 e. The summed E-state index contributed by atoms with van der Waals surface area (Å²) in [6.07, 6.45) is 0. The molecule has 0 aliphatic carbocycles. The van der Waals surface area contributed by atoms with Crippen LogP contribution in [0.15, 0.2) is 273 Å². The molecule has 0 fully saturated rings. The molecule has 0 N–H and O–H groups in total. The highest BCUT2D eigenvalue weighted by Gasteiger charge is 2.82. The minimum absolute atomic E-state index is 1.53. The number of hydrogen-bond acceptors (Lipinski definition) is 0. The summed E-state index contributed by atoms with van der Waals surface area (Å²) < 4.78 is 0. The van der Waals surface area contributed by atoms with Gasteiger partial charge in [0.15, 0.2) is 0 Å². The maximum atomic E-state index is 2.81. The number of rotatable bonds is 14. The average Bonchev–Trinajstić information content (AvgIpc) is 3.37. The molecule has 0 radical (unpaired) electrons. The summed E-state index contributed by atoms with van der Waals surface area (Å²) in [5, 5.41) is 14.1. The molecule has 0 nitrogen and oxygen atoms in total. The normalized spacial score (nSPS) is 12.7. The molecule has 0 heterocycles. The van der Waals surface area contributed by atoms with E-state index in [1.165, 1.54) is 5.19 Å². The summed E-state index contributed by atoms with van der Waals surface area (Å²) in [6.45, 7) is 13.9. The van der Waals surface area contributed by atoms with Gasteiger partial charge in [0.05, 0.1) is 7.59 Å². The molecule has 0 aliphatic rings. The highest BCUT2D eigenvalue weighted by atomic mass is 30.0. The van der Waals surface area contributed by atoms with Gasteiger partial charge in [-0.3, -0.25) is 0 Å². The first kappa shape index (κ1) is 44.5. The Morgan fingerprint density at radius 3 is 0.523 bits per heavy atom. The fourth-order valence-corrected chi connectivity index (χ4v) is 169. The standard InChI is InChI=1S/C59H60Si6/c1-60(2,3)62(52-35-17-7-18-36-52,53-37-19-8-20-38-53)64(56-43-25-11-26-44-56,57-45-27-12-28-46-57)65(58-47-29-13-30-48-58,59-49-31-14-32-50-59)63(54-39-21-9-22-40-54,55-41-23-10-24-42-55)61(4,5)51-33-15-6-16-34-51/h6-50H,1-5H3. The van der Waals surface area contributed by atoms with Crippen molar-refractivity contribution in [3.63, 3.8) is 0 Å². The Bertz CT molecular complexity index is 2740. The smallest absolute Gasteiger partial charge is 0.0710 e. The first-order valence-corrected chi connectivity index (χ1v) is 42.7. The Labute approximate surface area is 393 Å². The van der Waals surface area contributed by atoms with Crippen LogP contribution in [0.2, 0.25) is 32.7 Å². The highest BCUT2D eigenvalue weighted by molar-refractivity contribution is 8.11. The van der Waals surface area contributed by atoms with Crippen LogP contribution >= 0.6 is 0 Å². The van der Waals surface area contributed by atoms with Gasteiger partial charge in [0.25, 0.3) is 0 Å². The maximum Gasteiger partial charge on any atom is 0.121 e. The van der Waals surface area contributed by atoms with Gasteiger partial charge >= 0.3 is 0 Å². The van der Waals surface area contributed by atoms with E-state index in [9.17, 15) is 0 Å². The topological polar surface area (TPSA) is 0 Å². The van der Waals surface area contributed by atoms with Crippen LogP contribution in [0, 0.1) is 0 Å². The van der Waals surface area contributed by atoms with E-state index in [4.69, 9.17) is 0 Å². The molecule has 0 saturated heterocycles. The molecule has 0 atom stereocenters. The van der Waals surface area contributed by atoms with Gasteiger partial charge in [0.1, 0.15) is 28.4 Å². The Morgan fingerprint density at radius 2 is 0.323 bits per heavy atom. The highest BCUT2D eigenvalue weighted by Crippen LogP contribution is 2.42. The van der Waals surface area contributed by atoms with Gasteiger partial charge in [-0.1, -0.05) is 352 Å². The van der Waals surface area contributed by atoms with Gasteiger partial charge in [-0.15, -0.1) is 0 Å². The third-order valence-corrected chi connectivity index (χ3v) is 110. The fraction of sp³-hybridized carbons (Fsp3) is 0.0847. The van der Waals surface area contributed by atoms with Crippen molar-refractivity contribution < 1.29 is 0 Å². The van der Waals surface area contributed by atoms with Crippen LogP contribution in [0.5, 0.6) is 0 Å². The van der Waals surface area contributed by atoms with Crippen LogP contribution in [0.4, 0.5) is 0 Å². The molecular weight excluding hydrogens is 877 g/mol. The second-order valence-electron chi connectivity index (χ2n) is 19.2. The van der Waals surface area contributed by atoms with E-state index < -0.39 is 43.6 Å². The van der Waals surface area contributed by atoms with Crippen molar-refractivity contribution in [3.05, 3.63) is 273 Å². The van der Waals surface area contributed by atoms with Crippen molar-refractivity contribution in [2.24, 2.45) is 0 Å². The third kappa shape index (κ3) is 6.76. The molecule has 0 aliphatic heterocycles. The quantitative estimate of drug-likeness (QED) is 0.0963. The van der Waals surface area contributed by atoms with Crippen molar-refractivity contribution in [1.29, 1.82) is 0 Å². The summed E-state index contributed by atoms with van der Waals surface area (Å²) in [4.78, 5) is 0. The van der Waals surface area contributed by atoms with Gasteiger partial charge < -0.3 is 0 Å². The molecule has 0 bridgehead atoms. The maximum absolute atomic E-state index is 3.56. The van der Waals surface area contributed by atoms with Crippen LogP contribution in [-0.4, -0.2) is 43.6 Å². The number of benzene rings is 9.